The molecule has 100 valence electrons. The SMILES string of the molecule is O=C(NCc1ccccn1)NCC(O)c1ccco1. The Labute approximate surface area is 110 Å². The predicted octanol–water partition coefficient (Wildman–Crippen LogP) is 1.21. The van der Waals surface area contributed by atoms with Crippen molar-refractivity contribution < 1.29 is 14.3 Å². The summed E-state index contributed by atoms with van der Waals surface area (Å²) in [6.45, 7) is 0.422. The second-order valence-electron chi connectivity index (χ2n) is 3.92. The number of amides is 2. The van der Waals surface area contributed by atoms with Gasteiger partial charge in [0.1, 0.15) is 11.9 Å². The van der Waals surface area contributed by atoms with Gasteiger partial charge in [0.2, 0.25) is 0 Å². The number of furan rings is 1. The van der Waals surface area contributed by atoms with Gasteiger partial charge in [0.05, 0.1) is 25.0 Å². The van der Waals surface area contributed by atoms with E-state index in [9.17, 15) is 9.90 Å². The Morgan fingerprint density at radius 2 is 2.21 bits per heavy atom. The van der Waals surface area contributed by atoms with Crippen molar-refractivity contribution in [2.24, 2.45) is 0 Å². The van der Waals surface area contributed by atoms with E-state index in [1.807, 2.05) is 18.2 Å². The van der Waals surface area contributed by atoms with Crippen molar-refractivity contribution in [3.63, 3.8) is 0 Å². The third-order valence-electron chi connectivity index (χ3n) is 2.48. The van der Waals surface area contributed by atoms with E-state index < -0.39 is 6.10 Å². The highest BCUT2D eigenvalue weighted by Crippen LogP contribution is 2.11. The van der Waals surface area contributed by atoms with Crippen molar-refractivity contribution in [2.45, 2.75) is 12.6 Å². The van der Waals surface area contributed by atoms with E-state index in [4.69, 9.17) is 4.42 Å². The summed E-state index contributed by atoms with van der Waals surface area (Å²) in [5.41, 5.74) is 0.768. The average molecular weight is 261 g/mol. The Balaban J connectivity index is 1.70. The largest absolute Gasteiger partial charge is 0.467 e. The molecule has 1 unspecified atom stereocenters. The van der Waals surface area contributed by atoms with Crippen LogP contribution in [0.4, 0.5) is 4.79 Å². The molecule has 19 heavy (non-hydrogen) atoms. The van der Waals surface area contributed by atoms with Crippen molar-refractivity contribution in [1.82, 2.24) is 15.6 Å². The molecule has 2 aromatic heterocycles. The molecule has 6 nitrogen and oxygen atoms in total. The predicted molar refractivity (Wildman–Crippen MR) is 68.1 cm³/mol. The van der Waals surface area contributed by atoms with Gasteiger partial charge in [-0.15, -0.1) is 0 Å². The number of hydrogen-bond donors (Lipinski definition) is 3. The summed E-state index contributed by atoms with van der Waals surface area (Å²) < 4.78 is 5.03. The van der Waals surface area contributed by atoms with Gasteiger partial charge in [-0.3, -0.25) is 4.98 Å². The first-order valence-corrected chi connectivity index (χ1v) is 5.89. The lowest BCUT2D eigenvalue weighted by atomic mass is 10.3. The topological polar surface area (TPSA) is 87.4 Å². The molecular weight excluding hydrogens is 246 g/mol. The summed E-state index contributed by atoms with van der Waals surface area (Å²) in [6, 6.07) is 8.44. The monoisotopic (exact) mass is 261 g/mol. The average Bonchev–Trinajstić information content (AvgIpc) is 2.98. The minimum atomic E-state index is -0.851. The van der Waals surface area contributed by atoms with Crippen molar-refractivity contribution in [3.8, 4) is 0 Å². The number of rotatable bonds is 5. The fraction of sp³-hybridized carbons (Fsp3) is 0.231. The second kappa shape index (κ2) is 6.55. The molecule has 2 aromatic rings. The molecule has 2 rings (SSSR count). The van der Waals surface area contributed by atoms with E-state index >= 15 is 0 Å². The lowest BCUT2D eigenvalue weighted by Crippen LogP contribution is -2.37. The molecule has 2 amide bonds. The van der Waals surface area contributed by atoms with Crippen LogP contribution in [0, 0.1) is 0 Å². The maximum absolute atomic E-state index is 11.5. The number of pyridine rings is 1. The number of carbonyl (C=O) groups excluding carboxylic acids is 1. The summed E-state index contributed by atoms with van der Waals surface area (Å²) in [4.78, 5) is 15.6. The van der Waals surface area contributed by atoms with E-state index in [1.54, 1.807) is 18.3 Å². The van der Waals surface area contributed by atoms with Gasteiger partial charge < -0.3 is 20.2 Å². The molecule has 6 heteroatoms. The van der Waals surface area contributed by atoms with Crippen LogP contribution in [-0.4, -0.2) is 22.7 Å². The molecule has 2 heterocycles. The summed E-state index contributed by atoms with van der Waals surface area (Å²) in [5.74, 6) is 0.421. The highest BCUT2D eigenvalue weighted by Gasteiger charge is 2.11. The number of carbonyl (C=O) groups is 1. The molecule has 3 N–H and O–H groups in total. The van der Waals surface area contributed by atoms with Crippen LogP contribution in [0.5, 0.6) is 0 Å². The zero-order valence-electron chi connectivity index (χ0n) is 10.2. The molecule has 0 aliphatic rings. The van der Waals surface area contributed by atoms with Gasteiger partial charge in [0.15, 0.2) is 0 Å². The van der Waals surface area contributed by atoms with Gasteiger partial charge in [-0.2, -0.15) is 0 Å². The third-order valence-corrected chi connectivity index (χ3v) is 2.48. The Morgan fingerprint density at radius 1 is 1.32 bits per heavy atom. The van der Waals surface area contributed by atoms with Crippen LogP contribution >= 0.6 is 0 Å². The number of nitrogens with zero attached hydrogens (tertiary/aromatic N) is 1. The molecule has 1 atom stereocenters. The quantitative estimate of drug-likeness (QED) is 0.755. The van der Waals surface area contributed by atoms with E-state index in [-0.39, 0.29) is 12.6 Å². The maximum atomic E-state index is 11.5. The number of hydrogen-bond acceptors (Lipinski definition) is 4. The van der Waals surface area contributed by atoms with Crippen LogP contribution < -0.4 is 10.6 Å². The van der Waals surface area contributed by atoms with Crippen LogP contribution in [-0.2, 0) is 6.54 Å². The number of aliphatic hydroxyl groups excluding tert-OH is 1. The zero-order chi connectivity index (χ0) is 13.5. The lowest BCUT2D eigenvalue weighted by molar-refractivity contribution is 0.148. The highest BCUT2D eigenvalue weighted by atomic mass is 16.4. The molecule has 0 aliphatic heterocycles. The van der Waals surface area contributed by atoms with Gasteiger partial charge in [-0.25, -0.2) is 4.79 Å². The Kier molecular flexibility index (Phi) is 4.52. The van der Waals surface area contributed by atoms with Crippen molar-refractivity contribution in [3.05, 3.63) is 54.2 Å². The molecule has 0 spiro atoms. The van der Waals surface area contributed by atoms with Crippen molar-refractivity contribution >= 4 is 6.03 Å². The van der Waals surface area contributed by atoms with Crippen LogP contribution in [0.15, 0.2) is 47.2 Å². The van der Waals surface area contributed by atoms with Crippen LogP contribution in [0.1, 0.15) is 17.6 Å². The molecule has 0 radical (unpaired) electrons. The van der Waals surface area contributed by atoms with E-state index in [0.717, 1.165) is 5.69 Å². The summed E-state index contributed by atoms with van der Waals surface area (Å²) in [5, 5.41) is 14.9. The Hall–Kier alpha value is -2.34. The first kappa shape index (κ1) is 13.1. The molecule has 0 aliphatic carbocycles. The minimum absolute atomic E-state index is 0.0849. The van der Waals surface area contributed by atoms with Crippen LogP contribution in [0.2, 0.25) is 0 Å². The molecule has 0 aromatic carbocycles. The van der Waals surface area contributed by atoms with E-state index in [1.165, 1.54) is 6.26 Å². The number of nitrogens with one attached hydrogen (secondary N) is 2. The fourth-order valence-electron chi connectivity index (χ4n) is 1.51. The van der Waals surface area contributed by atoms with Crippen molar-refractivity contribution in [1.29, 1.82) is 0 Å². The summed E-state index contributed by atoms with van der Waals surface area (Å²) in [7, 11) is 0. The van der Waals surface area contributed by atoms with Crippen molar-refractivity contribution in [2.75, 3.05) is 6.54 Å². The molecule has 0 bridgehead atoms. The van der Waals surface area contributed by atoms with Gasteiger partial charge in [-0.05, 0) is 24.3 Å². The van der Waals surface area contributed by atoms with Gasteiger partial charge >= 0.3 is 6.03 Å². The third kappa shape index (κ3) is 4.11. The van der Waals surface area contributed by atoms with Gasteiger partial charge in [0, 0.05) is 6.20 Å². The highest BCUT2D eigenvalue weighted by molar-refractivity contribution is 5.73. The zero-order valence-corrected chi connectivity index (χ0v) is 10.2. The second-order valence-corrected chi connectivity index (χ2v) is 3.92. The maximum Gasteiger partial charge on any atom is 0.315 e. The van der Waals surface area contributed by atoms with E-state index in [2.05, 4.69) is 15.6 Å². The van der Waals surface area contributed by atoms with Crippen LogP contribution in [0.25, 0.3) is 0 Å². The number of aromatic nitrogens is 1. The van der Waals surface area contributed by atoms with Crippen LogP contribution in [0.3, 0.4) is 0 Å². The first-order valence-electron chi connectivity index (χ1n) is 5.89. The minimum Gasteiger partial charge on any atom is -0.467 e. The van der Waals surface area contributed by atoms with Gasteiger partial charge in [-0.1, -0.05) is 6.07 Å². The van der Waals surface area contributed by atoms with Gasteiger partial charge in [0.25, 0.3) is 0 Å². The summed E-state index contributed by atoms with van der Waals surface area (Å²) >= 11 is 0. The smallest absolute Gasteiger partial charge is 0.315 e. The molecular formula is C13H15N3O3. The van der Waals surface area contributed by atoms with E-state index in [0.29, 0.717) is 12.3 Å². The molecule has 0 saturated heterocycles. The lowest BCUT2D eigenvalue weighted by Gasteiger charge is -2.10. The number of aliphatic hydroxyl groups is 1. The molecule has 0 saturated carbocycles. The number of urea groups is 1. The Bertz CT molecular complexity index is 499. The standard InChI is InChI=1S/C13H15N3O3/c17-11(12-5-3-7-19-12)9-16-13(18)15-8-10-4-1-2-6-14-10/h1-7,11,17H,8-9H2,(H2,15,16,18). The molecule has 0 fully saturated rings. The normalized spacial score (nSPS) is 11.8. The summed E-state index contributed by atoms with van der Waals surface area (Å²) in [6.07, 6.45) is 2.28. The fourth-order valence-corrected chi connectivity index (χ4v) is 1.51. The Morgan fingerprint density at radius 3 is 2.89 bits per heavy atom. The first-order chi connectivity index (χ1) is 9.25.